The van der Waals surface area contributed by atoms with Gasteiger partial charge in [-0.3, -0.25) is 19.2 Å². The van der Waals surface area contributed by atoms with Gasteiger partial charge in [0.15, 0.2) is 11.5 Å². The van der Waals surface area contributed by atoms with Crippen LogP contribution in [0.1, 0.15) is 43.8 Å². The number of aliphatic carboxylic acids is 2. The van der Waals surface area contributed by atoms with Gasteiger partial charge in [-0.15, -0.1) is 0 Å². The third-order valence-corrected chi connectivity index (χ3v) is 6.46. The molecule has 0 atom stereocenters. The average Bonchev–Trinajstić information content (AvgIpc) is 2.94. The first-order valence-corrected chi connectivity index (χ1v) is 13.0. The van der Waals surface area contributed by atoms with Crippen molar-refractivity contribution in [2.24, 2.45) is 0 Å². The van der Waals surface area contributed by atoms with Gasteiger partial charge >= 0.3 is 17.9 Å². The van der Waals surface area contributed by atoms with Crippen molar-refractivity contribution in [2.75, 3.05) is 25.4 Å². The lowest BCUT2D eigenvalue weighted by molar-refractivity contribution is -0.144. The molecule has 3 aromatic rings. The van der Waals surface area contributed by atoms with Gasteiger partial charge in [0.05, 0.1) is 30.7 Å². The summed E-state index contributed by atoms with van der Waals surface area (Å²) in [6.45, 7) is -0.987. The highest BCUT2D eigenvalue weighted by Gasteiger charge is 2.27. The predicted molar refractivity (Wildman–Crippen MR) is 149 cm³/mol. The summed E-state index contributed by atoms with van der Waals surface area (Å²) in [7, 11) is 0. The normalized spacial score (nSPS) is 12.5. The molecular weight excluding hydrogens is 546 g/mol. The van der Waals surface area contributed by atoms with Gasteiger partial charge in [0.1, 0.15) is 6.54 Å². The number of hydrogen-bond acceptors (Lipinski definition) is 8. The maximum Gasteiger partial charge on any atom is 0.343 e. The third-order valence-electron chi connectivity index (χ3n) is 6.46. The van der Waals surface area contributed by atoms with Gasteiger partial charge in [0, 0.05) is 17.8 Å². The van der Waals surface area contributed by atoms with E-state index in [4.69, 9.17) is 15.2 Å². The number of carbonyl (C=O) groups excluding carboxylic acids is 3. The Morgan fingerprint density at radius 2 is 1.71 bits per heavy atom. The molecule has 0 aromatic heterocycles. The second kappa shape index (κ2) is 13.3. The summed E-state index contributed by atoms with van der Waals surface area (Å²) >= 11 is 0. The Kier molecular flexibility index (Phi) is 9.38. The van der Waals surface area contributed by atoms with Crippen molar-refractivity contribution in [3.8, 4) is 11.5 Å². The van der Waals surface area contributed by atoms with Crippen LogP contribution in [0.5, 0.6) is 11.5 Å². The number of rotatable bonds is 9. The van der Waals surface area contributed by atoms with Gasteiger partial charge in [0.25, 0.3) is 5.91 Å². The molecule has 5 N–H and O–H groups in total. The van der Waals surface area contributed by atoms with E-state index in [0.717, 1.165) is 4.90 Å². The maximum absolute atomic E-state index is 13.3. The molecule has 12 nitrogen and oxygen atoms in total. The fourth-order valence-corrected chi connectivity index (χ4v) is 4.51. The zero-order chi connectivity index (χ0) is 30.2. The molecule has 1 aliphatic rings. The molecule has 4 rings (SSSR count). The number of anilines is 1. The van der Waals surface area contributed by atoms with Gasteiger partial charge in [-0.1, -0.05) is 36.4 Å². The van der Waals surface area contributed by atoms with E-state index in [9.17, 15) is 34.2 Å². The molecule has 0 saturated heterocycles. The minimum Gasteiger partial charge on any atom is -0.489 e. The van der Waals surface area contributed by atoms with Crippen molar-refractivity contribution in [3.63, 3.8) is 0 Å². The summed E-state index contributed by atoms with van der Waals surface area (Å²) in [5.41, 5.74) is 7.95. The molecule has 1 heterocycles. The Morgan fingerprint density at radius 1 is 0.952 bits per heavy atom. The Hall–Kier alpha value is -5.39. The van der Waals surface area contributed by atoms with E-state index < -0.39 is 49.2 Å². The number of carboxylic acids is 2. The fraction of sp³-hybridized carbons (Fsp3) is 0.233. The molecule has 12 heteroatoms. The van der Waals surface area contributed by atoms with Crippen LogP contribution < -0.4 is 20.5 Å². The van der Waals surface area contributed by atoms with Crippen LogP contribution in [0.4, 0.5) is 5.69 Å². The molecule has 0 aliphatic carbocycles. The highest BCUT2D eigenvalue weighted by atomic mass is 16.6. The summed E-state index contributed by atoms with van der Waals surface area (Å²) in [5.74, 6) is -4.96. The van der Waals surface area contributed by atoms with E-state index in [1.54, 1.807) is 42.5 Å². The van der Waals surface area contributed by atoms with Crippen LogP contribution in [0.15, 0.2) is 60.7 Å². The van der Waals surface area contributed by atoms with Crippen molar-refractivity contribution in [1.29, 1.82) is 0 Å². The summed E-state index contributed by atoms with van der Waals surface area (Å²) < 4.78 is 11.5. The number of nitrogens with two attached hydrogens (primary N) is 1. The van der Waals surface area contributed by atoms with Crippen LogP contribution in [0.2, 0.25) is 0 Å². The monoisotopic (exact) mass is 575 g/mol. The van der Waals surface area contributed by atoms with Crippen molar-refractivity contribution in [3.05, 3.63) is 88.5 Å². The number of nitrogens with zero attached hydrogens (tertiary/aromatic N) is 1. The number of aryl methyl sites for hydroxylation is 1. The van der Waals surface area contributed by atoms with Gasteiger partial charge in [-0.05, 0) is 48.2 Å². The number of esters is 1. The van der Waals surface area contributed by atoms with E-state index in [1.165, 1.54) is 18.2 Å². The molecule has 42 heavy (non-hydrogen) atoms. The van der Waals surface area contributed by atoms with E-state index in [-0.39, 0.29) is 41.3 Å². The molecule has 0 bridgehead atoms. The highest BCUT2D eigenvalue weighted by molar-refractivity contribution is 6.01. The molecule has 3 aromatic carbocycles. The lowest BCUT2D eigenvalue weighted by Gasteiger charge is -2.22. The minimum atomic E-state index is -1.22. The largest absolute Gasteiger partial charge is 0.489 e. The second-order valence-electron chi connectivity index (χ2n) is 9.57. The number of nitrogen functional groups attached to an aromatic ring is 1. The molecular formula is C30H29N3O9. The van der Waals surface area contributed by atoms with Crippen LogP contribution in [0.25, 0.3) is 0 Å². The second-order valence-corrected chi connectivity index (χ2v) is 9.57. The summed E-state index contributed by atoms with van der Waals surface area (Å²) in [6.07, 6.45) is 0.351. The van der Waals surface area contributed by atoms with Crippen LogP contribution in [-0.4, -0.2) is 64.5 Å². The first-order valence-electron chi connectivity index (χ1n) is 13.0. The topological polar surface area (TPSA) is 186 Å². The molecule has 218 valence electrons. The zero-order valence-electron chi connectivity index (χ0n) is 22.5. The third kappa shape index (κ3) is 7.42. The standard InChI is InChI=1S/C30H29N3O9/c31-21-9-11-22-19(13-21)7-4-12-41-28-23(10-8-20(14-25(35)36)27(28)42-30(22)40)29(39)32-15-24(34)33(17-26(37)38)16-18-5-2-1-3-6-18/h1-3,5-6,8-11,13H,4,7,12,14-17,31H2,(H,32,39)(H,35,36)(H,37,38). The molecule has 0 spiro atoms. The number of carbonyl (C=O) groups is 5. The lowest BCUT2D eigenvalue weighted by atomic mass is 10.0. The van der Waals surface area contributed by atoms with Gasteiger partial charge in [0.2, 0.25) is 5.91 Å². The minimum absolute atomic E-state index is 0.0211. The van der Waals surface area contributed by atoms with Crippen molar-refractivity contribution in [1.82, 2.24) is 10.2 Å². The Morgan fingerprint density at radius 3 is 2.43 bits per heavy atom. The highest BCUT2D eigenvalue weighted by Crippen LogP contribution is 2.37. The van der Waals surface area contributed by atoms with Gasteiger partial charge in [-0.25, -0.2) is 4.79 Å². The zero-order valence-corrected chi connectivity index (χ0v) is 22.5. The summed E-state index contributed by atoms with van der Waals surface area (Å²) in [4.78, 5) is 63.4. The number of benzene rings is 3. The van der Waals surface area contributed by atoms with Crippen LogP contribution in [0, 0.1) is 0 Å². The molecule has 0 unspecified atom stereocenters. The Bertz CT molecular complexity index is 1520. The van der Waals surface area contributed by atoms with Crippen LogP contribution in [-0.2, 0) is 33.8 Å². The van der Waals surface area contributed by atoms with Gasteiger partial charge in [-0.2, -0.15) is 0 Å². The van der Waals surface area contributed by atoms with E-state index >= 15 is 0 Å². The smallest absolute Gasteiger partial charge is 0.343 e. The van der Waals surface area contributed by atoms with Crippen LogP contribution >= 0.6 is 0 Å². The van der Waals surface area contributed by atoms with Crippen molar-refractivity contribution < 1.29 is 43.7 Å². The number of hydrogen-bond donors (Lipinski definition) is 4. The molecule has 2 amide bonds. The average molecular weight is 576 g/mol. The first kappa shape index (κ1) is 29.6. The predicted octanol–water partition coefficient (Wildman–Crippen LogP) is 2.28. The quantitative estimate of drug-likeness (QED) is 0.168. The van der Waals surface area contributed by atoms with Crippen molar-refractivity contribution in [2.45, 2.75) is 25.8 Å². The molecule has 0 fully saturated rings. The number of fused-ring (bicyclic) bond motifs is 2. The van der Waals surface area contributed by atoms with E-state index in [0.29, 0.717) is 29.7 Å². The summed E-state index contributed by atoms with van der Waals surface area (Å²) in [5, 5.41) is 21.2. The first-order chi connectivity index (χ1) is 20.1. The lowest BCUT2D eigenvalue weighted by Crippen LogP contribution is -2.42. The number of nitrogens with one attached hydrogen (secondary N) is 1. The van der Waals surface area contributed by atoms with Crippen LogP contribution in [0.3, 0.4) is 0 Å². The van der Waals surface area contributed by atoms with Crippen molar-refractivity contribution >= 4 is 35.4 Å². The SMILES string of the molecule is Nc1ccc2c(c1)CCCOc1c(C(=O)NCC(=O)N(CC(=O)O)Cc3ccccc3)ccc(CC(=O)O)c1OC2=O. The van der Waals surface area contributed by atoms with E-state index in [2.05, 4.69) is 5.32 Å². The Balaban J connectivity index is 1.61. The molecule has 1 aliphatic heterocycles. The maximum atomic E-state index is 13.3. The number of carboxylic acid groups (broad SMARTS) is 2. The summed E-state index contributed by atoms with van der Waals surface area (Å²) in [6, 6.07) is 16.2. The van der Waals surface area contributed by atoms with Gasteiger partial charge < -0.3 is 35.6 Å². The number of ether oxygens (including phenoxy) is 2. The number of amides is 2. The fourth-order valence-electron chi connectivity index (χ4n) is 4.51. The molecule has 0 saturated carbocycles. The Labute approximate surface area is 240 Å². The molecule has 0 radical (unpaired) electrons. The van der Waals surface area contributed by atoms with E-state index in [1.807, 2.05) is 0 Å².